The lowest BCUT2D eigenvalue weighted by atomic mass is 10.2. The van der Waals surface area contributed by atoms with E-state index in [-0.39, 0.29) is 24.7 Å². The summed E-state index contributed by atoms with van der Waals surface area (Å²) in [7, 11) is -1.39. The number of nitrogens with two attached hydrogens (primary N) is 1. The average Bonchev–Trinajstić information content (AvgIpc) is 2.28. The van der Waals surface area contributed by atoms with Gasteiger partial charge in [0.25, 0.3) is 0 Å². The molecular weight excluding hydrogens is 248 g/mol. The zero-order chi connectivity index (χ0) is 11.5. The van der Waals surface area contributed by atoms with Crippen molar-refractivity contribution in [2.45, 2.75) is 18.4 Å². The summed E-state index contributed by atoms with van der Waals surface area (Å²) < 4.78 is 23.4. The van der Waals surface area contributed by atoms with Crippen LogP contribution in [0.15, 0.2) is 23.1 Å². The minimum absolute atomic E-state index is 0. The summed E-state index contributed by atoms with van der Waals surface area (Å²) in [5.74, 6) is 0.0961. The molecule has 0 aliphatic rings. The van der Waals surface area contributed by atoms with Crippen molar-refractivity contribution in [2.24, 2.45) is 5.73 Å². The first-order valence-corrected chi connectivity index (χ1v) is 6.44. The molecule has 0 radical (unpaired) electrons. The van der Waals surface area contributed by atoms with Gasteiger partial charge in [-0.15, -0.1) is 12.4 Å². The number of rotatable bonds is 4. The first-order chi connectivity index (χ1) is 7.05. The molecule has 1 aromatic carbocycles. The maximum absolute atomic E-state index is 11.7. The van der Waals surface area contributed by atoms with Gasteiger partial charge in [0, 0.05) is 19.3 Å². The lowest BCUT2D eigenvalue weighted by Crippen LogP contribution is -2.10. The molecule has 0 heterocycles. The van der Waals surface area contributed by atoms with Gasteiger partial charge in [-0.1, -0.05) is 6.92 Å². The Kier molecular flexibility index (Phi) is 5.78. The van der Waals surface area contributed by atoms with E-state index >= 15 is 0 Å². The summed E-state index contributed by atoms with van der Waals surface area (Å²) >= 11 is 0. The molecule has 0 unspecified atom stereocenters. The van der Waals surface area contributed by atoms with E-state index in [1.54, 1.807) is 32.2 Å². The predicted molar refractivity (Wildman–Crippen MR) is 68.9 cm³/mol. The zero-order valence-corrected chi connectivity index (χ0v) is 11.0. The summed E-state index contributed by atoms with van der Waals surface area (Å²) in [5.41, 5.74) is 7.06. The van der Waals surface area contributed by atoms with Crippen LogP contribution < -0.4 is 11.1 Å². The zero-order valence-electron chi connectivity index (χ0n) is 9.36. The van der Waals surface area contributed by atoms with Crippen molar-refractivity contribution in [1.29, 1.82) is 0 Å². The normalized spacial score (nSPS) is 10.7. The van der Waals surface area contributed by atoms with Crippen LogP contribution in [-0.2, 0) is 16.4 Å². The molecule has 1 aromatic rings. The molecule has 6 heteroatoms. The third-order valence-corrected chi connectivity index (χ3v) is 4.11. The predicted octanol–water partition coefficient (Wildman–Crippen LogP) is 1.40. The van der Waals surface area contributed by atoms with E-state index in [1.807, 2.05) is 0 Å². The quantitative estimate of drug-likeness (QED) is 0.862. The van der Waals surface area contributed by atoms with Gasteiger partial charge >= 0.3 is 0 Å². The van der Waals surface area contributed by atoms with E-state index in [4.69, 9.17) is 5.73 Å². The van der Waals surface area contributed by atoms with Gasteiger partial charge in [-0.05, 0) is 23.8 Å². The van der Waals surface area contributed by atoms with Gasteiger partial charge in [0.2, 0.25) is 0 Å². The number of hydrogen-bond donors (Lipinski definition) is 2. The highest BCUT2D eigenvalue weighted by Crippen LogP contribution is 2.20. The van der Waals surface area contributed by atoms with E-state index in [1.165, 1.54) is 0 Å². The summed E-state index contributed by atoms with van der Waals surface area (Å²) in [6.45, 7) is 1.85. The number of nitrogens with one attached hydrogen (secondary N) is 1. The largest absolute Gasteiger partial charge is 0.388 e. The van der Waals surface area contributed by atoms with Gasteiger partial charge < -0.3 is 11.1 Å². The van der Waals surface area contributed by atoms with Crippen molar-refractivity contribution in [3.63, 3.8) is 0 Å². The second kappa shape index (κ2) is 6.08. The topological polar surface area (TPSA) is 72.2 Å². The molecule has 0 saturated carbocycles. The second-order valence-electron chi connectivity index (χ2n) is 3.18. The number of hydrogen-bond acceptors (Lipinski definition) is 4. The Morgan fingerprint density at radius 1 is 1.38 bits per heavy atom. The summed E-state index contributed by atoms with van der Waals surface area (Å²) in [6, 6.07) is 5.11. The molecule has 3 N–H and O–H groups in total. The Labute approximate surface area is 103 Å². The Morgan fingerprint density at radius 2 is 2.00 bits per heavy atom. The van der Waals surface area contributed by atoms with Gasteiger partial charge in [-0.2, -0.15) is 0 Å². The maximum atomic E-state index is 11.7. The lowest BCUT2D eigenvalue weighted by molar-refractivity contribution is 0.596. The Morgan fingerprint density at radius 3 is 2.44 bits per heavy atom. The highest BCUT2D eigenvalue weighted by atomic mass is 35.5. The highest BCUT2D eigenvalue weighted by molar-refractivity contribution is 7.91. The number of anilines is 1. The summed E-state index contributed by atoms with van der Waals surface area (Å²) in [5, 5.41) is 2.95. The molecule has 92 valence electrons. The molecule has 0 atom stereocenters. The first-order valence-electron chi connectivity index (χ1n) is 4.78. The fourth-order valence-electron chi connectivity index (χ4n) is 1.35. The summed E-state index contributed by atoms with van der Waals surface area (Å²) in [4.78, 5) is 0.339. The van der Waals surface area contributed by atoms with E-state index < -0.39 is 9.84 Å². The van der Waals surface area contributed by atoms with Crippen LogP contribution in [0, 0.1) is 0 Å². The molecule has 1 rings (SSSR count). The van der Waals surface area contributed by atoms with Crippen LogP contribution in [0.4, 0.5) is 5.69 Å². The molecule has 0 spiro atoms. The molecule has 0 saturated heterocycles. The van der Waals surface area contributed by atoms with Crippen LogP contribution in [-0.4, -0.2) is 21.2 Å². The second-order valence-corrected chi connectivity index (χ2v) is 5.43. The van der Waals surface area contributed by atoms with E-state index in [9.17, 15) is 8.42 Å². The van der Waals surface area contributed by atoms with Crippen molar-refractivity contribution >= 4 is 27.9 Å². The summed E-state index contributed by atoms with van der Waals surface area (Å²) in [6.07, 6.45) is 0. The van der Waals surface area contributed by atoms with Crippen molar-refractivity contribution in [3.8, 4) is 0 Å². The highest BCUT2D eigenvalue weighted by Gasteiger charge is 2.15. The van der Waals surface area contributed by atoms with Crippen LogP contribution in [0.5, 0.6) is 0 Å². The van der Waals surface area contributed by atoms with Crippen molar-refractivity contribution < 1.29 is 8.42 Å². The van der Waals surface area contributed by atoms with Crippen LogP contribution in [0.1, 0.15) is 12.5 Å². The fourth-order valence-corrected chi connectivity index (χ4v) is 2.48. The van der Waals surface area contributed by atoms with Gasteiger partial charge in [0.05, 0.1) is 10.6 Å². The third-order valence-electron chi connectivity index (χ3n) is 2.28. The Hall–Kier alpha value is -0.780. The molecular formula is C10H17ClN2O2S. The fraction of sp³-hybridized carbons (Fsp3) is 0.400. The van der Waals surface area contributed by atoms with Crippen LogP contribution in [0.2, 0.25) is 0 Å². The van der Waals surface area contributed by atoms with Crippen LogP contribution >= 0.6 is 12.4 Å². The smallest absolute Gasteiger partial charge is 0.178 e. The Bertz CT molecular complexity index is 446. The number of sulfone groups is 1. The van der Waals surface area contributed by atoms with Crippen molar-refractivity contribution in [3.05, 3.63) is 23.8 Å². The van der Waals surface area contributed by atoms with Crippen LogP contribution in [0.25, 0.3) is 0 Å². The van der Waals surface area contributed by atoms with E-state index in [0.717, 1.165) is 5.69 Å². The molecule has 4 nitrogen and oxygen atoms in total. The van der Waals surface area contributed by atoms with Crippen LogP contribution in [0.3, 0.4) is 0 Å². The number of benzene rings is 1. The minimum atomic E-state index is -3.17. The molecule has 0 aromatic heterocycles. The molecule has 0 bridgehead atoms. The molecule has 0 amide bonds. The van der Waals surface area contributed by atoms with Gasteiger partial charge in [0.15, 0.2) is 9.84 Å². The standard InChI is InChI=1S/C10H16N2O2S.ClH/c1-3-15(13,14)10-5-4-9(12-2)6-8(10)7-11;/h4-6,12H,3,7,11H2,1-2H3;1H. The molecule has 0 aliphatic carbocycles. The average molecular weight is 265 g/mol. The minimum Gasteiger partial charge on any atom is -0.388 e. The monoisotopic (exact) mass is 264 g/mol. The Balaban J connectivity index is 0.00000225. The number of halogens is 1. The molecule has 0 fully saturated rings. The van der Waals surface area contributed by atoms with Crippen molar-refractivity contribution in [2.75, 3.05) is 18.1 Å². The first kappa shape index (κ1) is 15.2. The van der Waals surface area contributed by atoms with E-state index in [0.29, 0.717) is 10.5 Å². The van der Waals surface area contributed by atoms with Crippen molar-refractivity contribution in [1.82, 2.24) is 0 Å². The molecule has 0 aliphatic heterocycles. The SMILES string of the molecule is CCS(=O)(=O)c1ccc(NC)cc1CN.Cl. The molecule has 16 heavy (non-hydrogen) atoms. The van der Waals surface area contributed by atoms with Gasteiger partial charge in [0.1, 0.15) is 0 Å². The third kappa shape index (κ3) is 3.10. The van der Waals surface area contributed by atoms with Gasteiger partial charge in [-0.3, -0.25) is 0 Å². The van der Waals surface area contributed by atoms with Gasteiger partial charge in [-0.25, -0.2) is 8.42 Å². The maximum Gasteiger partial charge on any atom is 0.178 e. The lowest BCUT2D eigenvalue weighted by Gasteiger charge is -2.09. The van der Waals surface area contributed by atoms with E-state index in [2.05, 4.69) is 5.32 Å².